The van der Waals surface area contributed by atoms with E-state index in [-0.39, 0.29) is 25.2 Å². The maximum atomic E-state index is 13.3. The topological polar surface area (TPSA) is 84.7 Å². The van der Waals surface area contributed by atoms with Crippen LogP contribution >= 0.6 is 0 Å². The predicted octanol–water partition coefficient (Wildman–Crippen LogP) is 5.81. The quantitative estimate of drug-likeness (QED) is 0.179. The molecule has 1 fully saturated rings. The summed E-state index contributed by atoms with van der Waals surface area (Å²) in [7, 11) is 1.31. The van der Waals surface area contributed by atoms with Crippen molar-refractivity contribution in [2.24, 2.45) is 0 Å². The summed E-state index contributed by atoms with van der Waals surface area (Å²) in [5, 5.41) is 0. The molecule has 2 heterocycles. The molecule has 0 N–H and O–H groups in total. The van der Waals surface area contributed by atoms with E-state index in [0.717, 1.165) is 40.5 Å². The number of imide groups is 1. The van der Waals surface area contributed by atoms with E-state index in [0.29, 0.717) is 30.6 Å². The molecule has 0 spiro atoms. The zero-order valence-electron chi connectivity index (χ0n) is 22.6. The van der Waals surface area contributed by atoms with Crippen LogP contribution < -0.4 is 0 Å². The lowest BCUT2D eigenvalue weighted by atomic mass is 10.1. The van der Waals surface area contributed by atoms with Crippen molar-refractivity contribution in [1.29, 1.82) is 0 Å². The predicted molar refractivity (Wildman–Crippen MR) is 140 cm³/mol. The Morgan fingerprint density at radius 3 is 2.28 bits per heavy atom. The van der Waals surface area contributed by atoms with Gasteiger partial charge in [0, 0.05) is 32.5 Å². The summed E-state index contributed by atoms with van der Waals surface area (Å²) >= 11 is 0. The number of carbonyl (C=O) groups excluding carboxylic acids is 3. The average molecular weight is 549 g/mol. The summed E-state index contributed by atoms with van der Waals surface area (Å²) in [4.78, 5) is 44.9. The number of hydrogen-bond donors (Lipinski definition) is 0. The van der Waals surface area contributed by atoms with Crippen LogP contribution in [0.5, 0.6) is 0 Å². The van der Waals surface area contributed by atoms with Gasteiger partial charge in [-0.15, -0.1) is 0 Å². The van der Waals surface area contributed by atoms with Crippen LogP contribution in [0.2, 0.25) is 0 Å². The van der Waals surface area contributed by atoms with E-state index in [1.54, 1.807) is 36.5 Å². The summed E-state index contributed by atoms with van der Waals surface area (Å²) in [5.41, 5.74) is 1.89. The van der Waals surface area contributed by atoms with E-state index < -0.39 is 30.5 Å². The molecule has 0 radical (unpaired) electrons. The van der Waals surface area contributed by atoms with E-state index in [4.69, 9.17) is 4.74 Å². The fourth-order valence-corrected chi connectivity index (χ4v) is 4.34. The SMILES string of the molecule is CCCCc1ncc(/C=C2/C(=O)N(CCCC)C(=O)N2CCCC(F)(F)F)n1Cc1ccc(C(=O)OC)cc1. The maximum Gasteiger partial charge on any atom is 0.389 e. The van der Waals surface area contributed by atoms with Gasteiger partial charge in [0.15, 0.2) is 0 Å². The van der Waals surface area contributed by atoms with E-state index in [9.17, 15) is 27.6 Å². The van der Waals surface area contributed by atoms with Gasteiger partial charge in [-0.1, -0.05) is 38.8 Å². The van der Waals surface area contributed by atoms with Gasteiger partial charge in [0.2, 0.25) is 0 Å². The Labute approximate surface area is 226 Å². The van der Waals surface area contributed by atoms with Crippen LogP contribution in [0, 0.1) is 0 Å². The fourth-order valence-electron chi connectivity index (χ4n) is 4.34. The van der Waals surface area contributed by atoms with Crippen LogP contribution in [0.4, 0.5) is 18.0 Å². The number of imidazole rings is 1. The van der Waals surface area contributed by atoms with Gasteiger partial charge in [-0.3, -0.25) is 14.6 Å². The first-order chi connectivity index (χ1) is 18.6. The van der Waals surface area contributed by atoms with Crippen molar-refractivity contribution in [1.82, 2.24) is 19.4 Å². The van der Waals surface area contributed by atoms with Crippen LogP contribution in [0.1, 0.15) is 79.8 Å². The van der Waals surface area contributed by atoms with Gasteiger partial charge in [0.25, 0.3) is 5.91 Å². The molecule has 1 aliphatic rings. The highest BCUT2D eigenvalue weighted by Gasteiger charge is 2.41. The Hall–Kier alpha value is -3.63. The first kappa shape index (κ1) is 29.9. The smallest absolute Gasteiger partial charge is 0.389 e. The molecule has 0 aliphatic carbocycles. The molecular weight excluding hydrogens is 513 g/mol. The molecular formula is C28H35F3N4O4. The molecule has 1 aromatic carbocycles. The molecule has 3 amide bonds. The summed E-state index contributed by atoms with van der Waals surface area (Å²) in [5.74, 6) is -0.185. The van der Waals surface area contributed by atoms with E-state index >= 15 is 0 Å². The van der Waals surface area contributed by atoms with E-state index in [1.165, 1.54) is 7.11 Å². The summed E-state index contributed by atoms with van der Waals surface area (Å²) in [6, 6.07) is 6.32. The molecule has 11 heteroatoms. The van der Waals surface area contributed by atoms with Crippen molar-refractivity contribution in [2.75, 3.05) is 20.2 Å². The number of benzene rings is 1. The van der Waals surface area contributed by atoms with Crippen molar-refractivity contribution >= 4 is 24.0 Å². The Balaban J connectivity index is 1.97. The number of unbranched alkanes of at least 4 members (excludes halogenated alkanes) is 2. The minimum atomic E-state index is -4.35. The number of ether oxygens (including phenoxy) is 1. The number of esters is 1. The number of hydrogen-bond acceptors (Lipinski definition) is 5. The van der Waals surface area contributed by atoms with Crippen LogP contribution in [-0.2, 0) is 22.5 Å². The number of aryl methyl sites for hydroxylation is 1. The van der Waals surface area contributed by atoms with Crippen molar-refractivity contribution in [3.05, 3.63) is 58.8 Å². The highest BCUT2D eigenvalue weighted by molar-refractivity contribution is 6.13. The van der Waals surface area contributed by atoms with Crippen molar-refractivity contribution in [3.8, 4) is 0 Å². The Morgan fingerprint density at radius 1 is 1.00 bits per heavy atom. The third-order valence-corrected chi connectivity index (χ3v) is 6.52. The Bertz CT molecular complexity index is 1190. The highest BCUT2D eigenvalue weighted by atomic mass is 19.4. The minimum absolute atomic E-state index is 0.0440. The Morgan fingerprint density at radius 2 is 1.67 bits per heavy atom. The van der Waals surface area contributed by atoms with Crippen LogP contribution in [0.15, 0.2) is 36.2 Å². The first-order valence-electron chi connectivity index (χ1n) is 13.2. The first-order valence-corrected chi connectivity index (χ1v) is 13.2. The number of aromatic nitrogens is 2. The van der Waals surface area contributed by atoms with E-state index in [2.05, 4.69) is 11.9 Å². The Kier molecular flexibility index (Phi) is 10.3. The number of urea groups is 1. The van der Waals surface area contributed by atoms with Gasteiger partial charge in [0.1, 0.15) is 11.5 Å². The molecule has 8 nitrogen and oxygen atoms in total. The molecule has 2 aromatic rings. The lowest BCUT2D eigenvalue weighted by molar-refractivity contribution is -0.135. The second kappa shape index (κ2) is 13.4. The molecule has 0 bridgehead atoms. The second-order valence-electron chi connectivity index (χ2n) is 9.47. The molecule has 1 aromatic heterocycles. The zero-order valence-corrected chi connectivity index (χ0v) is 22.6. The number of carbonyl (C=O) groups is 3. The largest absolute Gasteiger partial charge is 0.465 e. The van der Waals surface area contributed by atoms with Crippen molar-refractivity contribution in [3.63, 3.8) is 0 Å². The van der Waals surface area contributed by atoms with E-state index in [1.807, 2.05) is 11.5 Å². The van der Waals surface area contributed by atoms with Crippen molar-refractivity contribution in [2.45, 2.75) is 71.5 Å². The zero-order chi connectivity index (χ0) is 28.6. The fraction of sp³-hybridized carbons (Fsp3) is 0.500. The molecule has 0 atom stereocenters. The standard InChI is InChI=1S/C28H35F3N4O4/c1-4-6-9-24-32-18-22(35(24)19-20-10-12-21(13-11-20)26(37)39-3)17-23-25(36)34(15-7-5-2)27(38)33(23)16-8-14-28(29,30)31/h10-13,17-18H,4-9,14-16,19H2,1-3H3/b23-17-. The summed E-state index contributed by atoms with van der Waals surface area (Å²) < 4.78 is 45.1. The van der Waals surface area contributed by atoms with Gasteiger partial charge < -0.3 is 9.30 Å². The van der Waals surface area contributed by atoms with Gasteiger partial charge in [-0.2, -0.15) is 13.2 Å². The lowest BCUT2D eigenvalue weighted by Crippen LogP contribution is -2.34. The molecule has 1 aliphatic heterocycles. The molecule has 1 saturated heterocycles. The lowest BCUT2D eigenvalue weighted by Gasteiger charge is -2.18. The monoisotopic (exact) mass is 548 g/mol. The van der Waals surface area contributed by atoms with Crippen LogP contribution in [0.3, 0.4) is 0 Å². The molecule has 39 heavy (non-hydrogen) atoms. The van der Waals surface area contributed by atoms with Crippen LogP contribution in [0.25, 0.3) is 6.08 Å². The number of alkyl halides is 3. The number of rotatable bonds is 13. The summed E-state index contributed by atoms with van der Waals surface area (Å²) in [6.07, 6.45) is 1.33. The number of amides is 3. The third-order valence-electron chi connectivity index (χ3n) is 6.52. The molecule has 0 saturated carbocycles. The maximum absolute atomic E-state index is 13.3. The minimum Gasteiger partial charge on any atom is -0.465 e. The molecule has 0 unspecified atom stereocenters. The van der Waals surface area contributed by atoms with Gasteiger partial charge in [0.05, 0.1) is 24.6 Å². The highest BCUT2D eigenvalue weighted by Crippen LogP contribution is 2.28. The second-order valence-corrected chi connectivity index (χ2v) is 9.47. The van der Waals surface area contributed by atoms with Gasteiger partial charge >= 0.3 is 18.2 Å². The van der Waals surface area contributed by atoms with Crippen molar-refractivity contribution < 1.29 is 32.3 Å². The number of nitrogens with zero attached hydrogens (tertiary/aromatic N) is 4. The number of halogens is 3. The molecule has 212 valence electrons. The molecule has 3 rings (SSSR count). The summed E-state index contributed by atoms with van der Waals surface area (Å²) in [6.45, 7) is 4.36. The van der Waals surface area contributed by atoms with Crippen LogP contribution in [-0.4, -0.2) is 63.6 Å². The number of methoxy groups -OCH3 is 1. The van der Waals surface area contributed by atoms with Gasteiger partial charge in [-0.05, 0) is 43.0 Å². The average Bonchev–Trinajstić information content (AvgIpc) is 3.38. The normalized spacial score (nSPS) is 15.1. The van der Waals surface area contributed by atoms with Gasteiger partial charge in [-0.25, -0.2) is 14.6 Å². The third kappa shape index (κ3) is 7.70.